The van der Waals surface area contributed by atoms with Gasteiger partial charge in [-0.1, -0.05) is 0 Å². The number of rotatable bonds is 5. The molecule has 3 rings (SSSR count). The summed E-state index contributed by atoms with van der Waals surface area (Å²) in [6.07, 6.45) is 4.71. The van der Waals surface area contributed by atoms with Gasteiger partial charge in [0.2, 0.25) is 0 Å². The van der Waals surface area contributed by atoms with E-state index in [4.69, 9.17) is 4.74 Å². The van der Waals surface area contributed by atoms with Gasteiger partial charge < -0.3 is 19.3 Å². The fourth-order valence-electron chi connectivity index (χ4n) is 3.39. The zero-order chi connectivity index (χ0) is 18.0. The summed E-state index contributed by atoms with van der Waals surface area (Å²) in [5.74, 6) is 0.957. The first kappa shape index (κ1) is 17.2. The molecule has 0 bridgehead atoms. The van der Waals surface area contributed by atoms with Crippen molar-refractivity contribution in [3.8, 4) is 5.75 Å². The maximum Gasteiger partial charge on any atom is 0.311 e. The minimum absolute atomic E-state index is 0.0483. The molecule has 1 aromatic heterocycles. The van der Waals surface area contributed by atoms with Gasteiger partial charge in [-0.25, -0.2) is 4.98 Å². The summed E-state index contributed by atoms with van der Waals surface area (Å²) in [6.45, 7) is 1.50. The number of piperidine rings is 1. The average molecular weight is 346 g/mol. The van der Waals surface area contributed by atoms with Gasteiger partial charge in [0.15, 0.2) is 5.75 Å². The molecule has 1 N–H and O–H groups in total. The Hall–Kier alpha value is -2.61. The van der Waals surface area contributed by atoms with Crippen LogP contribution in [-0.2, 0) is 7.05 Å². The predicted octanol–water partition coefficient (Wildman–Crippen LogP) is 2.29. The second-order valence-corrected chi connectivity index (χ2v) is 6.30. The zero-order valence-electron chi connectivity index (χ0n) is 14.3. The van der Waals surface area contributed by atoms with Crippen molar-refractivity contribution in [1.29, 1.82) is 0 Å². The highest BCUT2D eigenvalue weighted by molar-refractivity contribution is 5.59. The topological polar surface area (TPSA) is 93.7 Å². The van der Waals surface area contributed by atoms with Gasteiger partial charge in [-0.2, -0.15) is 0 Å². The molecule has 134 valence electrons. The van der Waals surface area contributed by atoms with Crippen LogP contribution in [0.25, 0.3) is 0 Å². The van der Waals surface area contributed by atoms with E-state index in [0.717, 1.165) is 25.1 Å². The quantitative estimate of drug-likeness (QED) is 0.659. The van der Waals surface area contributed by atoms with E-state index >= 15 is 0 Å². The minimum atomic E-state index is -0.636. The molecular formula is C17H22N4O4. The number of imidazole rings is 1. The number of anilines is 1. The summed E-state index contributed by atoms with van der Waals surface area (Å²) in [4.78, 5) is 17.0. The average Bonchev–Trinajstić information content (AvgIpc) is 3.06. The molecular weight excluding hydrogens is 324 g/mol. The van der Waals surface area contributed by atoms with Gasteiger partial charge in [-0.05, 0) is 18.9 Å². The van der Waals surface area contributed by atoms with Crippen LogP contribution < -0.4 is 9.64 Å². The molecule has 0 radical (unpaired) electrons. The molecule has 25 heavy (non-hydrogen) atoms. The number of aromatic nitrogens is 2. The lowest BCUT2D eigenvalue weighted by atomic mass is 9.91. The summed E-state index contributed by atoms with van der Waals surface area (Å²) in [7, 11) is 3.29. The fourth-order valence-corrected chi connectivity index (χ4v) is 3.39. The number of aryl methyl sites for hydroxylation is 1. The molecule has 1 fully saturated rings. The van der Waals surface area contributed by atoms with E-state index in [9.17, 15) is 15.2 Å². The second kappa shape index (κ2) is 7.10. The smallest absolute Gasteiger partial charge is 0.311 e. The molecule has 0 amide bonds. The Morgan fingerprint density at radius 1 is 1.48 bits per heavy atom. The Morgan fingerprint density at radius 3 is 2.92 bits per heavy atom. The normalized spacial score (nSPS) is 18.8. The van der Waals surface area contributed by atoms with Gasteiger partial charge in [0.05, 0.1) is 12.0 Å². The number of aliphatic hydroxyl groups excluding tert-OH is 1. The lowest BCUT2D eigenvalue weighted by molar-refractivity contribution is -0.385. The Bertz CT molecular complexity index is 761. The molecule has 2 heterocycles. The molecule has 2 atom stereocenters. The maximum absolute atomic E-state index is 11.0. The lowest BCUT2D eigenvalue weighted by Crippen LogP contribution is -2.38. The summed E-state index contributed by atoms with van der Waals surface area (Å²) in [5, 5.41) is 21.7. The highest BCUT2D eigenvalue weighted by Crippen LogP contribution is 2.35. The van der Waals surface area contributed by atoms with Crippen molar-refractivity contribution >= 4 is 11.4 Å². The second-order valence-electron chi connectivity index (χ2n) is 6.30. The summed E-state index contributed by atoms with van der Waals surface area (Å²) in [6, 6.07) is 4.89. The van der Waals surface area contributed by atoms with E-state index in [0.29, 0.717) is 12.4 Å². The van der Waals surface area contributed by atoms with Crippen LogP contribution in [0.2, 0.25) is 0 Å². The first-order valence-electron chi connectivity index (χ1n) is 8.24. The van der Waals surface area contributed by atoms with Crippen LogP contribution in [0.1, 0.15) is 24.8 Å². The van der Waals surface area contributed by atoms with Crippen molar-refractivity contribution < 1.29 is 14.8 Å². The molecule has 8 heteroatoms. The number of methoxy groups -OCH3 is 1. The monoisotopic (exact) mass is 346 g/mol. The van der Waals surface area contributed by atoms with Gasteiger partial charge in [-0.3, -0.25) is 10.1 Å². The van der Waals surface area contributed by atoms with Gasteiger partial charge >= 0.3 is 5.69 Å². The summed E-state index contributed by atoms with van der Waals surface area (Å²) in [5.41, 5.74) is 0.812. The molecule has 1 aliphatic heterocycles. The number of nitro benzene ring substituents is 1. The van der Waals surface area contributed by atoms with Crippen molar-refractivity contribution in [2.75, 3.05) is 25.1 Å². The van der Waals surface area contributed by atoms with Crippen molar-refractivity contribution in [3.05, 3.63) is 46.5 Å². The van der Waals surface area contributed by atoms with Crippen LogP contribution in [0.4, 0.5) is 11.4 Å². The molecule has 0 aliphatic carbocycles. The third kappa shape index (κ3) is 3.43. The van der Waals surface area contributed by atoms with Gasteiger partial charge in [0.1, 0.15) is 11.9 Å². The fraction of sp³-hybridized carbons (Fsp3) is 0.471. The highest BCUT2D eigenvalue weighted by Gasteiger charge is 2.30. The standard InChI is InChI=1S/C17H22N4O4/c1-19-9-7-18-17(19)16(22)12-4-3-8-20(11-12)13-5-6-14(21(23)24)15(10-13)25-2/h5-7,9-10,12,16,22H,3-4,8,11H2,1-2H3/t12-,16-/m1/s1. The van der Waals surface area contributed by atoms with E-state index in [1.807, 2.05) is 17.8 Å². The van der Waals surface area contributed by atoms with E-state index < -0.39 is 11.0 Å². The molecule has 8 nitrogen and oxygen atoms in total. The number of benzene rings is 1. The molecule has 1 saturated heterocycles. The SMILES string of the molecule is COc1cc(N2CCC[C@@H]([C@@H](O)c3nccn3C)C2)ccc1[N+](=O)[O-]. The summed E-state index contributed by atoms with van der Waals surface area (Å²) < 4.78 is 6.99. The van der Waals surface area contributed by atoms with Gasteiger partial charge in [0.25, 0.3) is 0 Å². The molecule has 2 aromatic rings. The number of hydrogen-bond donors (Lipinski definition) is 1. The van der Waals surface area contributed by atoms with Crippen LogP contribution in [-0.4, -0.2) is 39.8 Å². The third-order valence-corrected chi connectivity index (χ3v) is 4.75. The summed E-state index contributed by atoms with van der Waals surface area (Å²) >= 11 is 0. The number of nitro groups is 1. The number of ether oxygens (including phenoxy) is 1. The van der Waals surface area contributed by atoms with Crippen LogP contribution in [0, 0.1) is 16.0 Å². The highest BCUT2D eigenvalue weighted by atomic mass is 16.6. The van der Waals surface area contributed by atoms with E-state index in [1.165, 1.54) is 13.2 Å². The Labute approximate surface area is 145 Å². The first-order chi connectivity index (χ1) is 12.0. The van der Waals surface area contributed by atoms with Crippen LogP contribution >= 0.6 is 0 Å². The molecule has 0 unspecified atom stereocenters. The van der Waals surface area contributed by atoms with Crippen molar-refractivity contribution in [2.45, 2.75) is 18.9 Å². The zero-order valence-corrected chi connectivity index (χ0v) is 14.3. The Morgan fingerprint density at radius 2 is 2.28 bits per heavy atom. The van der Waals surface area contributed by atoms with E-state index in [-0.39, 0.29) is 17.4 Å². The molecule has 0 saturated carbocycles. The predicted molar refractivity (Wildman–Crippen MR) is 92.8 cm³/mol. The molecule has 1 aromatic carbocycles. The Kier molecular flexibility index (Phi) is 4.89. The number of nitrogens with zero attached hydrogens (tertiary/aromatic N) is 4. The van der Waals surface area contributed by atoms with Crippen molar-refractivity contribution in [3.63, 3.8) is 0 Å². The van der Waals surface area contributed by atoms with Crippen LogP contribution in [0.3, 0.4) is 0 Å². The van der Waals surface area contributed by atoms with Crippen LogP contribution in [0.5, 0.6) is 5.75 Å². The minimum Gasteiger partial charge on any atom is -0.490 e. The van der Waals surface area contributed by atoms with Crippen molar-refractivity contribution in [2.24, 2.45) is 13.0 Å². The number of hydrogen-bond acceptors (Lipinski definition) is 6. The maximum atomic E-state index is 11.0. The largest absolute Gasteiger partial charge is 0.490 e. The van der Waals surface area contributed by atoms with Gasteiger partial charge in [-0.15, -0.1) is 0 Å². The number of aliphatic hydroxyl groups is 1. The third-order valence-electron chi connectivity index (χ3n) is 4.75. The first-order valence-corrected chi connectivity index (χ1v) is 8.24. The lowest BCUT2D eigenvalue weighted by Gasteiger charge is -2.36. The Balaban J connectivity index is 1.79. The molecule has 1 aliphatic rings. The van der Waals surface area contributed by atoms with E-state index in [2.05, 4.69) is 9.88 Å². The van der Waals surface area contributed by atoms with Gasteiger partial charge in [0, 0.05) is 56.3 Å². The van der Waals surface area contributed by atoms with Crippen LogP contribution in [0.15, 0.2) is 30.6 Å². The molecule has 0 spiro atoms. The van der Waals surface area contributed by atoms with Crippen molar-refractivity contribution in [1.82, 2.24) is 9.55 Å². The van der Waals surface area contributed by atoms with E-state index in [1.54, 1.807) is 18.3 Å².